The molecule has 32 heavy (non-hydrogen) atoms. The van der Waals surface area contributed by atoms with Crippen molar-refractivity contribution in [2.45, 2.75) is 64.4 Å². The van der Waals surface area contributed by atoms with Gasteiger partial charge in [0.15, 0.2) is 0 Å². The Morgan fingerprint density at radius 2 is 1.78 bits per heavy atom. The third-order valence-corrected chi connectivity index (χ3v) is 6.24. The van der Waals surface area contributed by atoms with Gasteiger partial charge in [0.2, 0.25) is 0 Å². The summed E-state index contributed by atoms with van der Waals surface area (Å²) in [6.07, 6.45) is 1.52. The zero-order valence-corrected chi connectivity index (χ0v) is 19.6. The first-order chi connectivity index (χ1) is 15.1. The van der Waals surface area contributed by atoms with Crippen molar-refractivity contribution >= 4 is 18.9 Å². The molecule has 3 rings (SSSR count). The molecule has 0 amide bonds. The SMILES string of the molecule is CCC1(C)OB(c2c(C=O)cccc2OCC(C)(O)COCc2ccccc2)OC1(C)C. The molecule has 7 heteroatoms. The van der Waals surface area contributed by atoms with Crippen LogP contribution in [0.25, 0.3) is 0 Å². The fraction of sp³-hybridized carbons (Fsp3) is 0.480. The number of carbonyl (C=O) groups is 1. The van der Waals surface area contributed by atoms with Crippen molar-refractivity contribution in [3.8, 4) is 5.75 Å². The molecule has 1 fully saturated rings. The van der Waals surface area contributed by atoms with Gasteiger partial charge in [0.25, 0.3) is 0 Å². The van der Waals surface area contributed by atoms with Crippen molar-refractivity contribution in [3.63, 3.8) is 0 Å². The molecule has 172 valence electrons. The van der Waals surface area contributed by atoms with Crippen LogP contribution in [0.2, 0.25) is 0 Å². The number of benzene rings is 2. The number of hydrogen-bond acceptors (Lipinski definition) is 6. The molecule has 1 saturated heterocycles. The van der Waals surface area contributed by atoms with Crippen molar-refractivity contribution in [3.05, 3.63) is 59.7 Å². The summed E-state index contributed by atoms with van der Waals surface area (Å²) >= 11 is 0. The van der Waals surface area contributed by atoms with Crippen molar-refractivity contribution in [2.24, 2.45) is 0 Å². The van der Waals surface area contributed by atoms with Crippen LogP contribution in [0.3, 0.4) is 0 Å². The van der Waals surface area contributed by atoms with Gasteiger partial charge in [-0.3, -0.25) is 4.79 Å². The van der Waals surface area contributed by atoms with Crippen molar-refractivity contribution in [2.75, 3.05) is 13.2 Å². The van der Waals surface area contributed by atoms with Crippen LogP contribution in [0, 0.1) is 0 Å². The van der Waals surface area contributed by atoms with Gasteiger partial charge in [0.05, 0.1) is 24.4 Å². The van der Waals surface area contributed by atoms with E-state index in [0.29, 0.717) is 23.4 Å². The van der Waals surface area contributed by atoms with E-state index in [2.05, 4.69) is 0 Å². The van der Waals surface area contributed by atoms with Gasteiger partial charge in [-0.15, -0.1) is 0 Å². The molecule has 0 radical (unpaired) electrons. The van der Waals surface area contributed by atoms with E-state index < -0.39 is 23.9 Å². The second kappa shape index (κ2) is 9.75. The highest BCUT2D eigenvalue weighted by Crippen LogP contribution is 2.40. The standard InChI is InChI=1S/C25H33BO6/c1-6-25(5)23(2,3)31-26(32-25)22-20(15-27)13-10-14-21(22)30-18-24(4,28)17-29-16-19-11-8-7-9-12-19/h7-15,28H,6,16-18H2,1-5H3. The van der Waals surface area contributed by atoms with Gasteiger partial charge in [-0.2, -0.15) is 0 Å². The van der Waals surface area contributed by atoms with Crippen LogP contribution in [0.1, 0.15) is 57.0 Å². The van der Waals surface area contributed by atoms with Crippen LogP contribution in [0.5, 0.6) is 5.75 Å². The van der Waals surface area contributed by atoms with Gasteiger partial charge >= 0.3 is 7.12 Å². The van der Waals surface area contributed by atoms with E-state index in [9.17, 15) is 9.90 Å². The number of hydrogen-bond donors (Lipinski definition) is 1. The van der Waals surface area contributed by atoms with Crippen LogP contribution >= 0.6 is 0 Å². The zero-order chi connectivity index (χ0) is 23.4. The van der Waals surface area contributed by atoms with Gasteiger partial charge in [-0.25, -0.2) is 0 Å². The molecule has 0 saturated carbocycles. The summed E-state index contributed by atoms with van der Waals surface area (Å²) in [6.45, 7) is 10.2. The smallest absolute Gasteiger partial charge is 0.491 e. The molecule has 1 aliphatic heterocycles. The Labute approximate surface area is 191 Å². The monoisotopic (exact) mass is 440 g/mol. The second-order valence-corrected chi connectivity index (χ2v) is 9.30. The highest BCUT2D eigenvalue weighted by atomic mass is 16.7. The fourth-order valence-corrected chi connectivity index (χ4v) is 3.70. The fourth-order valence-electron chi connectivity index (χ4n) is 3.70. The number of ether oxygens (including phenoxy) is 2. The minimum Gasteiger partial charge on any atom is -0.491 e. The first kappa shape index (κ1) is 24.5. The predicted octanol–water partition coefficient (Wildman–Crippen LogP) is 3.54. The molecule has 0 bridgehead atoms. The minimum atomic E-state index is -1.22. The van der Waals surface area contributed by atoms with Crippen LogP contribution < -0.4 is 10.2 Å². The van der Waals surface area contributed by atoms with E-state index in [1.54, 1.807) is 25.1 Å². The van der Waals surface area contributed by atoms with E-state index in [0.717, 1.165) is 18.3 Å². The third-order valence-electron chi connectivity index (χ3n) is 6.24. The molecule has 1 heterocycles. The lowest BCUT2D eigenvalue weighted by atomic mass is 9.75. The van der Waals surface area contributed by atoms with Gasteiger partial charge < -0.3 is 23.9 Å². The summed E-state index contributed by atoms with van der Waals surface area (Å²) in [5, 5.41) is 10.8. The van der Waals surface area contributed by atoms with Crippen LogP contribution in [-0.4, -0.2) is 48.5 Å². The predicted molar refractivity (Wildman–Crippen MR) is 124 cm³/mol. The van der Waals surface area contributed by atoms with Crippen LogP contribution in [0.15, 0.2) is 48.5 Å². The normalized spacial score (nSPS) is 21.9. The van der Waals surface area contributed by atoms with E-state index in [1.165, 1.54) is 0 Å². The Kier molecular flexibility index (Phi) is 7.45. The molecule has 2 unspecified atom stereocenters. The van der Waals surface area contributed by atoms with Gasteiger partial charge in [-0.05, 0) is 45.7 Å². The summed E-state index contributed by atoms with van der Waals surface area (Å²) in [4.78, 5) is 11.8. The lowest BCUT2D eigenvalue weighted by Crippen LogP contribution is -2.44. The van der Waals surface area contributed by atoms with Crippen LogP contribution in [-0.2, 0) is 20.7 Å². The molecule has 2 aromatic rings. The lowest BCUT2D eigenvalue weighted by molar-refractivity contribution is -0.0635. The summed E-state index contributed by atoms with van der Waals surface area (Å²) in [7, 11) is -0.745. The third kappa shape index (κ3) is 5.41. The van der Waals surface area contributed by atoms with E-state index in [-0.39, 0.29) is 13.2 Å². The van der Waals surface area contributed by atoms with E-state index >= 15 is 0 Å². The first-order valence-corrected chi connectivity index (χ1v) is 11.0. The molecular formula is C25H33BO6. The molecule has 2 atom stereocenters. The minimum absolute atomic E-state index is 0.0156. The molecule has 0 aromatic heterocycles. The van der Waals surface area contributed by atoms with Gasteiger partial charge in [0.1, 0.15) is 24.2 Å². The first-order valence-electron chi connectivity index (χ1n) is 11.0. The molecule has 0 spiro atoms. The zero-order valence-electron chi connectivity index (χ0n) is 19.6. The van der Waals surface area contributed by atoms with Gasteiger partial charge in [-0.1, -0.05) is 49.4 Å². The molecule has 6 nitrogen and oxygen atoms in total. The van der Waals surface area contributed by atoms with Crippen molar-refractivity contribution in [1.29, 1.82) is 0 Å². The van der Waals surface area contributed by atoms with Crippen LogP contribution in [0.4, 0.5) is 0 Å². The maximum atomic E-state index is 11.8. The molecular weight excluding hydrogens is 407 g/mol. The Morgan fingerprint density at radius 3 is 2.41 bits per heavy atom. The number of carbonyl (C=O) groups excluding carboxylic acids is 1. The Bertz CT molecular complexity index is 914. The van der Waals surface area contributed by atoms with E-state index in [4.69, 9.17) is 18.8 Å². The second-order valence-electron chi connectivity index (χ2n) is 9.30. The summed E-state index contributed by atoms with van der Waals surface area (Å²) < 4.78 is 24.2. The Balaban J connectivity index is 1.71. The highest BCUT2D eigenvalue weighted by molar-refractivity contribution is 6.64. The molecule has 2 aromatic carbocycles. The Hall–Kier alpha value is -2.19. The largest absolute Gasteiger partial charge is 0.499 e. The quantitative estimate of drug-likeness (QED) is 0.450. The van der Waals surface area contributed by atoms with Crippen molar-refractivity contribution < 1.29 is 28.7 Å². The Morgan fingerprint density at radius 1 is 1.06 bits per heavy atom. The lowest BCUT2D eigenvalue weighted by Gasteiger charge is -2.35. The number of rotatable bonds is 10. The van der Waals surface area contributed by atoms with E-state index in [1.807, 2.05) is 58.0 Å². The average molecular weight is 440 g/mol. The number of aldehydes is 1. The summed E-state index contributed by atoms with van der Waals surface area (Å²) in [5.41, 5.74) is -0.282. The topological polar surface area (TPSA) is 74.2 Å². The summed E-state index contributed by atoms with van der Waals surface area (Å²) in [6, 6.07) is 15.0. The number of aliphatic hydroxyl groups is 1. The highest BCUT2D eigenvalue weighted by Gasteiger charge is 2.54. The van der Waals surface area contributed by atoms with Gasteiger partial charge in [0, 0.05) is 11.0 Å². The average Bonchev–Trinajstić information content (AvgIpc) is 3.01. The maximum Gasteiger partial charge on any atom is 0.499 e. The summed E-state index contributed by atoms with van der Waals surface area (Å²) in [5.74, 6) is 0.444. The molecule has 1 aliphatic rings. The molecule has 0 aliphatic carbocycles. The van der Waals surface area contributed by atoms with Crippen molar-refractivity contribution in [1.82, 2.24) is 0 Å². The molecule has 1 N–H and O–H groups in total. The maximum absolute atomic E-state index is 11.8.